The maximum absolute atomic E-state index is 13.3. The van der Waals surface area contributed by atoms with E-state index in [2.05, 4.69) is 5.32 Å². The standard InChI is InChI=1S/C20H23N3O4/c1-14(20(26)27)23(16-10-6-3-7-11-16)19(25)17(22-18(24)13-21)12-15-8-4-2-5-9-15/h2-11,14,17H,12-13,21H2,1H3,(H,22,24)(H,26,27)/t14-,17-/m0/s1. The molecule has 0 aromatic heterocycles. The summed E-state index contributed by atoms with van der Waals surface area (Å²) in [4.78, 5) is 37.9. The van der Waals surface area contributed by atoms with Crippen LogP contribution in [0.1, 0.15) is 12.5 Å². The normalized spacial score (nSPS) is 12.7. The Hall–Kier alpha value is -3.19. The fourth-order valence-corrected chi connectivity index (χ4v) is 2.71. The fraction of sp³-hybridized carbons (Fsp3) is 0.250. The minimum Gasteiger partial charge on any atom is -0.480 e. The van der Waals surface area contributed by atoms with E-state index in [1.807, 2.05) is 30.3 Å². The van der Waals surface area contributed by atoms with Gasteiger partial charge in [0.1, 0.15) is 12.1 Å². The van der Waals surface area contributed by atoms with Gasteiger partial charge in [-0.05, 0) is 24.6 Å². The van der Waals surface area contributed by atoms with Crippen LogP contribution in [-0.4, -0.2) is 41.5 Å². The number of para-hydroxylation sites is 1. The Balaban J connectivity index is 2.38. The van der Waals surface area contributed by atoms with Gasteiger partial charge in [0, 0.05) is 12.1 Å². The Morgan fingerprint density at radius 2 is 1.59 bits per heavy atom. The van der Waals surface area contributed by atoms with Gasteiger partial charge in [-0.1, -0.05) is 48.5 Å². The Morgan fingerprint density at radius 1 is 1.04 bits per heavy atom. The summed E-state index contributed by atoms with van der Waals surface area (Å²) < 4.78 is 0. The summed E-state index contributed by atoms with van der Waals surface area (Å²) in [7, 11) is 0. The first-order valence-corrected chi connectivity index (χ1v) is 8.58. The quantitative estimate of drug-likeness (QED) is 0.647. The number of nitrogens with zero attached hydrogens (tertiary/aromatic N) is 1. The molecule has 0 saturated carbocycles. The van der Waals surface area contributed by atoms with Gasteiger partial charge in [-0.3, -0.25) is 14.5 Å². The monoisotopic (exact) mass is 369 g/mol. The summed E-state index contributed by atoms with van der Waals surface area (Å²) in [6.45, 7) is 1.16. The highest BCUT2D eigenvalue weighted by Gasteiger charge is 2.33. The highest BCUT2D eigenvalue weighted by atomic mass is 16.4. The third-order valence-corrected chi connectivity index (χ3v) is 4.12. The minimum absolute atomic E-state index is 0.223. The second kappa shape index (κ2) is 9.49. The maximum Gasteiger partial charge on any atom is 0.326 e. The van der Waals surface area contributed by atoms with Crippen LogP contribution in [-0.2, 0) is 20.8 Å². The summed E-state index contributed by atoms with van der Waals surface area (Å²) in [6, 6.07) is 15.7. The molecule has 4 N–H and O–H groups in total. The number of amides is 2. The first kappa shape index (κ1) is 20.1. The molecule has 142 valence electrons. The van der Waals surface area contributed by atoms with E-state index in [9.17, 15) is 19.5 Å². The first-order valence-electron chi connectivity index (χ1n) is 8.58. The highest BCUT2D eigenvalue weighted by Crippen LogP contribution is 2.19. The molecular formula is C20H23N3O4. The van der Waals surface area contributed by atoms with Gasteiger partial charge in [0.15, 0.2) is 0 Å². The molecule has 27 heavy (non-hydrogen) atoms. The van der Waals surface area contributed by atoms with Gasteiger partial charge in [-0.2, -0.15) is 0 Å². The van der Waals surface area contributed by atoms with Crippen molar-refractivity contribution >= 4 is 23.5 Å². The number of nitrogens with one attached hydrogen (secondary N) is 1. The topological polar surface area (TPSA) is 113 Å². The molecule has 2 amide bonds. The van der Waals surface area contributed by atoms with Gasteiger partial charge < -0.3 is 16.2 Å². The third-order valence-electron chi connectivity index (χ3n) is 4.12. The number of hydrogen-bond acceptors (Lipinski definition) is 4. The fourth-order valence-electron chi connectivity index (χ4n) is 2.71. The second-order valence-electron chi connectivity index (χ2n) is 6.07. The van der Waals surface area contributed by atoms with Gasteiger partial charge in [0.25, 0.3) is 5.91 Å². The van der Waals surface area contributed by atoms with Gasteiger partial charge >= 0.3 is 5.97 Å². The lowest BCUT2D eigenvalue weighted by Gasteiger charge is -2.31. The molecule has 2 rings (SSSR count). The lowest BCUT2D eigenvalue weighted by molar-refractivity contribution is -0.140. The lowest BCUT2D eigenvalue weighted by atomic mass is 10.0. The van der Waals surface area contributed by atoms with Crippen molar-refractivity contribution in [3.8, 4) is 0 Å². The van der Waals surface area contributed by atoms with Crippen LogP contribution in [0.4, 0.5) is 5.69 Å². The van der Waals surface area contributed by atoms with Gasteiger partial charge in [0.05, 0.1) is 6.54 Å². The molecule has 2 aromatic carbocycles. The van der Waals surface area contributed by atoms with Gasteiger partial charge in [-0.15, -0.1) is 0 Å². The van der Waals surface area contributed by atoms with E-state index in [1.54, 1.807) is 30.3 Å². The number of aliphatic carboxylic acids is 1. The van der Waals surface area contributed by atoms with Crippen molar-refractivity contribution in [1.82, 2.24) is 5.32 Å². The van der Waals surface area contributed by atoms with Crippen LogP contribution in [0.2, 0.25) is 0 Å². The molecular weight excluding hydrogens is 346 g/mol. The van der Waals surface area contributed by atoms with Crippen molar-refractivity contribution < 1.29 is 19.5 Å². The minimum atomic E-state index is -1.14. The molecule has 7 heteroatoms. The van der Waals surface area contributed by atoms with Crippen molar-refractivity contribution in [2.45, 2.75) is 25.4 Å². The van der Waals surface area contributed by atoms with E-state index >= 15 is 0 Å². The number of nitrogens with two attached hydrogens (primary N) is 1. The van der Waals surface area contributed by atoms with Crippen LogP contribution in [0.3, 0.4) is 0 Å². The van der Waals surface area contributed by atoms with Crippen molar-refractivity contribution in [1.29, 1.82) is 0 Å². The van der Waals surface area contributed by atoms with Crippen LogP contribution < -0.4 is 16.0 Å². The predicted molar refractivity (Wildman–Crippen MR) is 102 cm³/mol. The van der Waals surface area contributed by atoms with Gasteiger partial charge in [0.2, 0.25) is 5.91 Å². The predicted octanol–water partition coefficient (Wildman–Crippen LogP) is 1.18. The molecule has 7 nitrogen and oxygen atoms in total. The molecule has 0 unspecified atom stereocenters. The average molecular weight is 369 g/mol. The lowest BCUT2D eigenvalue weighted by Crippen LogP contribution is -2.55. The second-order valence-corrected chi connectivity index (χ2v) is 6.07. The summed E-state index contributed by atoms with van der Waals surface area (Å²) in [5, 5.41) is 12.1. The summed E-state index contributed by atoms with van der Waals surface area (Å²) in [5.41, 5.74) is 6.66. The highest BCUT2D eigenvalue weighted by molar-refractivity contribution is 6.03. The summed E-state index contributed by atoms with van der Waals surface area (Å²) in [6.07, 6.45) is 0.223. The SMILES string of the molecule is C[C@@H](C(=O)O)N(C(=O)[C@H](Cc1ccccc1)NC(=O)CN)c1ccccc1. The molecule has 2 aromatic rings. The number of benzene rings is 2. The molecule has 0 aliphatic heterocycles. The zero-order valence-corrected chi connectivity index (χ0v) is 15.0. The molecule has 0 fully saturated rings. The van der Waals surface area contributed by atoms with Crippen LogP contribution in [0.5, 0.6) is 0 Å². The van der Waals surface area contributed by atoms with Crippen LogP contribution in [0, 0.1) is 0 Å². The summed E-state index contributed by atoms with van der Waals surface area (Å²) >= 11 is 0. The molecule has 0 spiro atoms. The number of carbonyl (C=O) groups excluding carboxylic acids is 2. The first-order chi connectivity index (χ1) is 12.9. The van der Waals surface area contributed by atoms with E-state index < -0.39 is 29.9 Å². The number of carboxylic acids is 1. The molecule has 0 heterocycles. The maximum atomic E-state index is 13.3. The van der Waals surface area contributed by atoms with E-state index in [1.165, 1.54) is 11.8 Å². The third kappa shape index (κ3) is 5.39. The summed E-state index contributed by atoms with van der Waals surface area (Å²) in [5.74, 6) is -2.14. The van der Waals surface area contributed by atoms with Crippen LogP contribution in [0.15, 0.2) is 60.7 Å². The molecule has 0 bridgehead atoms. The van der Waals surface area contributed by atoms with E-state index in [-0.39, 0.29) is 13.0 Å². The van der Waals surface area contributed by atoms with E-state index in [0.717, 1.165) is 5.56 Å². The number of hydrogen-bond donors (Lipinski definition) is 3. The average Bonchev–Trinajstić information content (AvgIpc) is 2.68. The molecule has 0 saturated heterocycles. The smallest absolute Gasteiger partial charge is 0.326 e. The molecule has 0 aliphatic rings. The zero-order chi connectivity index (χ0) is 19.8. The van der Waals surface area contributed by atoms with Crippen LogP contribution in [0.25, 0.3) is 0 Å². The largest absolute Gasteiger partial charge is 0.480 e. The Kier molecular flexibility index (Phi) is 7.08. The van der Waals surface area contributed by atoms with Gasteiger partial charge in [-0.25, -0.2) is 4.79 Å². The Morgan fingerprint density at radius 3 is 2.11 bits per heavy atom. The van der Waals surface area contributed by atoms with E-state index in [0.29, 0.717) is 5.69 Å². The van der Waals surface area contributed by atoms with Crippen molar-refractivity contribution in [2.24, 2.45) is 5.73 Å². The molecule has 0 radical (unpaired) electrons. The number of carboxylic acid groups (broad SMARTS) is 1. The molecule has 2 atom stereocenters. The number of rotatable bonds is 8. The zero-order valence-electron chi connectivity index (χ0n) is 15.0. The van der Waals surface area contributed by atoms with Crippen molar-refractivity contribution in [2.75, 3.05) is 11.4 Å². The number of carbonyl (C=O) groups is 3. The Bertz CT molecular complexity index is 780. The molecule has 0 aliphatic carbocycles. The Labute approximate surface area is 157 Å². The van der Waals surface area contributed by atoms with E-state index in [4.69, 9.17) is 5.73 Å². The van der Waals surface area contributed by atoms with Crippen LogP contribution >= 0.6 is 0 Å². The van der Waals surface area contributed by atoms with Crippen molar-refractivity contribution in [3.63, 3.8) is 0 Å². The number of anilines is 1. The van der Waals surface area contributed by atoms with Crippen molar-refractivity contribution in [3.05, 3.63) is 66.2 Å².